The van der Waals surface area contributed by atoms with Crippen LogP contribution in [0.1, 0.15) is 33.4 Å². The van der Waals surface area contributed by atoms with Gasteiger partial charge in [0, 0.05) is 16.8 Å². The quantitative estimate of drug-likeness (QED) is 0.681. The van der Waals surface area contributed by atoms with E-state index in [-0.39, 0.29) is 18.2 Å². The van der Waals surface area contributed by atoms with Gasteiger partial charge in [-0.05, 0) is 37.3 Å². The van der Waals surface area contributed by atoms with Crippen molar-refractivity contribution >= 4 is 17.4 Å². The molecule has 126 valence electrons. The van der Waals surface area contributed by atoms with Crippen LogP contribution in [-0.2, 0) is 6.61 Å². The van der Waals surface area contributed by atoms with Gasteiger partial charge in [0.25, 0.3) is 5.91 Å². The van der Waals surface area contributed by atoms with Crippen LogP contribution in [0.3, 0.4) is 0 Å². The number of amides is 1. The second kappa shape index (κ2) is 7.49. The molecule has 1 aromatic heterocycles. The van der Waals surface area contributed by atoms with Crippen molar-refractivity contribution in [3.63, 3.8) is 0 Å². The number of benzene rings is 2. The van der Waals surface area contributed by atoms with E-state index in [1.807, 2.05) is 30.3 Å². The van der Waals surface area contributed by atoms with Crippen LogP contribution in [0.25, 0.3) is 0 Å². The van der Waals surface area contributed by atoms with Gasteiger partial charge in [-0.15, -0.1) is 0 Å². The number of carbonyl (C=O) groups is 2. The van der Waals surface area contributed by atoms with E-state index < -0.39 is 5.91 Å². The zero-order valence-corrected chi connectivity index (χ0v) is 13.7. The Morgan fingerprint density at radius 1 is 1.04 bits per heavy atom. The van der Waals surface area contributed by atoms with Gasteiger partial charge in [0.1, 0.15) is 12.4 Å². The van der Waals surface area contributed by atoms with Crippen molar-refractivity contribution in [2.45, 2.75) is 13.5 Å². The summed E-state index contributed by atoms with van der Waals surface area (Å²) in [6.45, 7) is 1.70. The summed E-state index contributed by atoms with van der Waals surface area (Å²) >= 11 is 0. The predicted octanol–water partition coefficient (Wildman–Crippen LogP) is 4.31. The minimum absolute atomic E-state index is 0.0638. The molecule has 0 unspecified atom stereocenters. The van der Waals surface area contributed by atoms with Gasteiger partial charge in [0.05, 0.1) is 6.26 Å². The SMILES string of the molecule is CC(=O)c1cccc(NC(=O)c2occc2COc2ccccc2)c1. The van der Waals surface area contributed by atoms with Gasteiger partial charge < -0.3 is 14.5 Å². The fraction of sp³-hybridized carbons (Fsp3) is 0.100. The molecule has 0 fully saturated rings. The zero-order valence-electron chi connectivity index (χ0n) is 13.7. The Morgan fingerprint density at radius 2 is 1.84 bits per heavy atom. The number of ketones is 1. The third-order valence-electron chi connectivity index (χ3n) is 3.62. The molecular formula is C20H17NO4. The van der Waals surface area contributed by atoms with Gasteiger partial charge in [0.2, 0.25) is 0 Å². The lowest BCUT2D eigenvalue weighted by atomic mass is 10.1. The number of hydrogen-bond acceptors (Lipinski definition) is 4. The first-order chi connectivity index (χ1) is 12.1. The summed E-state index contributed by atoms with van der Waals surface area (Å²) in [5.74, 6) is 0.441. The number of Topliss-reactive ketones (excluding diaryl/α,β-unsaturated/α-hetero) is 1. The van der Waals surface area contributed by atoms with Crippen molar-refractivity contribution in [2.75, 3.05) is 5.32 Å². The van der Waals surface area contributed by atoms with E-state index in [4.69, 9.17) is 9.15 Å². The van der Waals surface area contributed by atoms with Crippen LogP contribution in [0, 0.1) is 0 Å². The van der Waals surface area contributed by atoms with E-state index in [1.165, 1.54) is 13.2 Å². The summed E-state index contributed by atoms with van der Waals surface area (Å²) in [4.78, 5) is 23.9. The van der Waals surface area contributed by atoms with Crippen molar-refractivity contribution in [3.8, 4) is 5.75 Å². The molecule has 0 atom stereocenters. The second-order valence-electron chi connectivity index (χ2n) is 5.47. The Labute approximate surface area is 145 Å². The van der Waals surface area contributed by atoms with E-state index >= 15 is 0 Å². The lowest BCUT2D eigenvalue weighted by Crippen LogP contribution is -2.14. The van der Waals surface area contributed by atoms with Gasteiger partial charge in [-0.3, -0.25) is 9.59 Å². The van der Waals surface area contributed by atoms with Crippen molar-refractivity contribution < 1.29 is 18.7 Å². The maximum absolute atomic E-state index is 12.4. The van der Waals surface area contributed by atoms with Crippen LogP contribution in [0.15, 0.2) is 71.3 Å². The molecule has 5 nitrogen and oxygen atoms in total. The topological polar surface area (TPSA) is 68.5 Å². The molecule has 1 heterocycles. The Hall–Kier alpha value is -3.34. The van der Waals surface area contributed by atoms with Crippen LogP contribution < -0.4 is 10.1 Å². The van der Waals surface area contributed by atoms with E-state index in [2.05, 4.69) is 5.32 Å². The largest absolute Gasteiger partial charge is 0.489 e. The lowest BCUT2D eigenvalue weighted by Gasteiger charge is -2.08. The molecule has 5 heteroatoms. The number of anilines is 1. The Morgan fingerprint density at radius 3 is 2.60 bits per heavy atom. The molecular weight excluding hydrogens is 318 g/mol. The molecule has 0 spiro atoms. The summed E-state index contributed by atoms with van der Waals surface area (Å²) in [5, 5.41) is 2.74. The maximum Gasteiger partial charge on any atom is 0.291 e. The monoisotopic (exact) mass is 335 g/mol. The molecule has 0 radical (unpaired) electrons. The molecule has 0 saturated carbocycles. The molecule has 3 rings (SSSR count). The molecule has 0 aliphatic carbocycles. The van der Waals surface area contributed by atoms with Crippen LogP contribution in [0.5, 0.6) is 5.75 Å². The van der Waals surface area contributed by atoms with Crippen molar-refractivity contribution in [3.05, 3.63) is 83.8 Å². The number of ether oxygens (including phenoxy) is 1. The molecule has 0 aliphatic rings. The van der Waals surface area contributed by atoms with Gasteiger partial charge in [-0.25, -0.2) is 0 Å². The standard InChI is InChI=1S/C20H17NO4/c1-14(22)15-6-5-7-17(12-15)21-20(23)19-16(10-11-24-19)13-25-18-8-3-2-4-9-18/h2-12H,13H2,1H3,(H,21,23). The number of para-hydroxylation sites is 1. The first-order valence-electron chi connectivity index (χ1n) is 7.80. The van der Waals surface area contributed by atoms with Crippen LogP contribution in [-0.4, -0.2) is 11.7 Å². The molecule has 1 N–H and O–H groups in total. The first-order valence-corrected chi connectivity index (χ1v) is 7.80. The summed E-state index contributed by atoms with van der Waals surface area (Å²) in [5.41, 5.74) is 1.71. The van der Waals surface area contributed by atoms with Crippen molar-refractivity contribution in [1.29, 1.82) is 0 Å². The highest BCUT2D eigenvalue weighted by Gasteiger charge is 2.16. The van der Waals surface area contributed by atoms with Crippen LogP contribution >= 0.6 is 0 Å². The van der Waals surface area contributed by atoms with Gasteiger partial charge in [0.15, 0.2) is 11.5 Å². The van der Waals surface area contributed by atoms with Crippen molar-refractivity contribution in [2.24, 2.45) is 0 Å². The van der Waals surface area contributed by atoms with Crippen LogP contribution in [0.4, 0.5) is 5.69 Å². The highest BCUT2D eigenvalue weighted by molar-refractivity contribution is 6.04. The maximum atomic E-state index is 12.4. The van der Waals surface area contributed by atoms with Gasteiger partial charge >= 0.3 is 0 Å². The predicted molar refractivity (Wildman–Crippen MR) is 93.9 cm³/mol. The number of nitrogens with one attached hydrogen (secondary N) is 1. The Balaban J connectivity index is 1.70. The fourth-order valence-electron chi connectivity index (χ4n) is 2.33. The minimum atomic E-state index is -0.391. The average molecular weight is 335 g/mol. The van der Waals surface area contributed by atoms with E-state index in [1.54, 1.807) is 30.3 Å². The average Bonchev–Trinajstić information content (AvgIpc) is 3.10. The Kier molecular flexibility index (Phi) is 4.95. The number of carbonyl (C=O) groups excluding carboxylic acids is 2. The summed E-state index contributed by atoms with van der Waals surface area (Å²) in [6, 6.07) is 17.8. The molecule has 0 bridgehead atoms. The number of rotatable bonds is 6. The molecule has 3 aromatic rings. The molecule has 25 heavy (non-hydrogen) atoms. The van der Waals surface area contributed by atoms with Crippen molar-refractivity contribution in [1.82, 2.24) is 0 Å². The summed E-state index contributed by atoms with van der Waals surface area (Å²) in [6.07, 6.45) is 1.45. The third-order valence-corrected chi connectivity index (χ3v) is 3.62. The highest BCUT2D eigenvalue weighted by Crippen LogP contribution is 2.18. The summed E-state index contributed by atoms with van der Waals surface area (Å²) < 4.78 is 11.0. The number of hydrogen-bond donors (Lipinski definition) is 1. The smallest absolute Gasteiger partial charge is 0.291 e. The normalized spacial score (nSPS) is 10.3. The second-order valence-corrected chi connectivity index (χ2v) is 5.47. The lowest BCUT2D eigenvalue weighted by molar-refractivity contribution is 0.0989. The first kappa shape index (κ1) is 16.5. The molecule has 0 saturated heterocycles. The molecule has 0 aliphatic heterocycles. The number of furan rings is 1. The Bertz CT molecular complexity index is 883. The van der Waals surface area contributed by atoms with Gasteiger partial charge in [-0.1, -0.05) is 30.3 Å². The summed E-state index contributed by atoms with van der Waals surface area (Å²) in [7, 11) is 0. The van der Waals surface area contributed by atoms with Gasteiger partial charge in [-0.2, -0.15) is 0 Å². The van der Waals surface area contributed by atoms with E-state index in [0.29, 0.717) is 22.6 Å². The van der Waals surface area contributed by atoms with Crippen LogP contribution in [0.2, 0.25) is 0 Å². The third kappa shape index (κ3) is 4.14. The molecule has 2 aromatic carbocycles. The molecule has 1 amide bonds. The minimum Gasteiger partial charge on any atom is -0.489 e. The van der Waals surface area contributed by atoms with E-state index in [0.717, 1.165) is 0 Å². The zero-order chi connectivity index (χ0) is 17.6. The van der Waals surface area contributed by atoms with E-state index in [9.17, 15) is 9.59 Å². The highest BCUT2D eigenvalue weighted by atomic mass is 16.5. The fourth-order valence-corrected chi connectivity index (χ4v) is 2.33.